The first kappa shape index (κ1) is 16.3. The Labute approximate surface area is 121 Å². The molecule has 0 saturated heterocycles. The first-order valence-corrected chi connectivity index (χ1v) is 6.62. The average Bonchev–Trinajstić information content (AvgIpc) is 2.35. The zero-order valence-electron chi connectivity index (χ0n) is 13.0. The van der Waals surface area contributed by atoms with E-state index in [2.05, 4.69) is 24.1 Å². The van der Waals surface area contributed by atoms with Gasteiger partial charge in [-0.25, -0.2) is 0 Å². The molecule has 0 bridgehead atoms. The topological polar surface area (TPSA) is 67.6 Å². The van der Waals surface area contributed by atoms with Crippen LogP contribution in [0.3, 0.4) is 0 Å². The third-order valence-corrected chi connectivity index (χ3v) is 3.00. The molecule has 0 fully saturated rings. The Bertz CT molecular complexity index is 470. The van der Waals surface area contributed by atoms with Gasteiger partial charge in [-0.05, 0) is 31.6 Å². The Kier molecular flexibility index (Phi) is 5.39. The molecule has 0 spiro atoms. The van der Waals surface area contributed by atoms with Crippen LogP contribution in [-0.2, 0) is 0 Å². The van der Waals surface area contributed by atoms with Crippen molar-refractivity contribution in [3.63, 3.8) is 0 Å². The van der Waals surface area contributed by atoms with E-state index in [4.69, 9.17) is 10.5 Å². The summed E-state index contributed by atoms with van der Waals surface area (Å²) in [4.78, 5) is 14.3. The molecule has 0 aliphatic carbocycles. The quantitative estimate of drug-likeness (QED) is 0.776. The van der Waals surface area contributed by atoms with Crippen LogP contribution >= 0.6 is 0 Å². The van der Waals surface area contributed by atoms with Crippen LogP contribution in [-0.4, -0.2) is 45.1 Å². The summed E-state index contributed by atoms with van der Waals surface area (Å²) in [6, 6.07) is 5.20. The van der Waals surface area contributed by atoms with Gasteiger partial charge in [-0.1, -0.05) is 19.9 Å². The predicted octanol–water partition coefficient (Wildman–Crippen LogP) is 1.59. The first-order chi connectivity index (χ1) is 9.26. The standard InChI is InChI=1S/C15H25N3O2/c1-15(2,10-18(3)4)9-17-14(19)11-7-6-8-12(20-5)13(11)16/h6-8H,9-10,16H2,1-5H3,(H,17,19). The minimum atomic E-state index is -0.173. The molecule has 0 aliphatic rings. The first-order valence-electron chi connectivity index (χ1n) is 6.62. The Morgan fingerprint density at radius 1 is 1.40 bits per heavy atom. The van der Waals surface area contributed by atoms with Crippen molar-refractivity contribution >= 4 is 11.6 Å². The number of anilines is 1. The minimum Gasteiger partial charge on any atom is -0.495 e. The van der Waals surface area contributed by atoms with Crippen molar-refractivity contribution in [2.45, 2.75) is 13.8 Å². The van der Waals surface area contributed by atoms with Gasteiger partial charge in [-0.15, -0.1) is 0 Å². The van der Waals surface area contributed by atoms with E-state index < -0.39 is 0 Å². The molecule has 0 saturated carbocycles. The van der Waals surface area contributed by atoms with Gasteiger partial charge in [0, 0.05) is 13.1 Å². The highest BCUT2D eigenvalue weighted by atomic mass is 16.5. The van der Waals surface area contributed by atoms with Crippen molar-refractivity contribution in [3.8, 4) is 5.75 Å². The van der Waals surface area contributed by atoms with Crippen molar-refractivity contribution in [1.82, 2.24) is 10.2 Å². The van der Waals surface area contributed by atoms with Crippen LogP contribution in [0.2, 0.25) is 0 Å². The van der Waals surface area contributed by atoms with Gasteiger partial charge in [0.25, 0.3) is 5.91 Å². The molecule has 1 aromatic carbocycles. The third-order valence-electron chi connectivity index (χ3n) is 3.00. The van der Waals surface area contributed by atoms with E-state index in [1.807, 2.05) is 14.1 Å². The number of carbonyl (C=O) groups is 1. The normalized spacial score (nSPS) is 11.5. The predicted molar refractivity (Wildman–Crippen MR) is 82.1 cm³/mol. The Balaban J connectivity index is 2.73. The highest BCUT2D eigenvalue weighted by Gasteiger charge is 2.21. The molecule has 0 atom stereocenters. The molecule has 0 aromatic heterocycles. The van der Waals surface area contributed by atoms with Gasteiger partial charge in [-0.3, -0.25) is 4.79 Å². The zero-order chi connectivity index (χ0) is 15.3. The second-order valence-corrected chi connectivity index (χ2v) is 6.01. The molecule has 1 aromatic rings. The number of benzene rings is 1. The molecular weight excluding hydrogens is 254 g/mol. The fourth-order valence-corrected chi connectivity index (χ4v) is 2.25. The Morgan fingerprint density at radius 3 is 2.60 bits per heavy atom. The van der Waals surface area contributed by atoms with Crippen LogP contribution in [0.1, 0.15) is 24.2 Å². The number of nitrogen functional groups attached to an aromatic ring is 1. The summed E-state index contributed by atoms with van der Waals surface area (Å²) in [6.07, 6.45) is 0. The lowest BCUT2D eigenvalue weighted by Crippen LogP contribution is -2.40. The van der Waals surface area contributed by atoms with E-state index >= 15 is 0 Å². The smallest absolute Gasteiger partial charge is 0.253 e. The van der Waals surface area contributed by atoms with Gasteiger partial charge in [0.1, 0.15) is 5.75 Å². The number of amides is 1. The average molecular weight is 279 g/mol. The number of hydrogen-bond donors (Lipinski definition) is 2. The van der Waals surface area contributed by atoms with Crippen LogP contribution in [0.25, 0.3) is 0 Å². The molecule has 112 valence electrons. The second kappa shape index (κ2) is 6.61. The van der Waals surface area contributed by atoms with Crippen molar-refractivity contribution in [2.75, 3.05) is 40.0 Å². The summed E-state index contributed by atoms with van der Waals surface area (Å²) in [6.45, 7) is 5.70. The molecule has 1 amide bonds. The molecular formula is C15H25N3O2. The second-order valence-electron chi connectivity index (χ2n) is 6.01. The Morgan fingerprint density at radius 2 is 2.05 bits per heavy atom. The zero-order valence-corrected chi connectivity index (χ0v) is 13.0. The summed E-state index contributed by atoms with van der Waals surface area (Å²) in [5.74, 6) is 0.346. The number of hydrogen-bond acceptors (Lipinski definition) is 4. The highest BCUT2D eigenvalue weighted by molar-refractivity contribution is 6.00. The van der Waals surface area contributed by atoms with E-state index in [1.54, 1.807) is 18.2 Å². The van der Waals surface area contributed by atoms with E-state index in [9.17, 15) is 4.79 Å². The van der Waals surface area contributed by atoms with Gasteiger partial charge < -0.3 is 20.7 Å². The number of nitrogens with one attached hydrogen (secondary N) is 1. The number of para-hydroxylation sites is 1. The van der Waals surface area contributed by atoms with Crippen molar-refractivity contribution < 1.29 is 9.53 Å². The number of nitrogens with zero attached hydrogens (tertiary/aromatic N) is 1. The summed E-state index contributed by atoms with van der Waals surface area (Å²) in [7, 11) is 5.57. The maximum absolute atomic E-state index is 12.2. The SMILES string of the molecule is COc1cccc(C(=O)NCC(C)(C)CN(C)C)c1N. The number of carbonyl (C=O) groups excluding carboxylic acids is 1. The minimum absolute atomic E-state index is 0.00715. The summed E-state index contributed by atoms with van der Waals surface area (Å²) in [5, 5.41) is 2.94. The van der Waals surface area contributed by atoms with Gasteiger partial charge in [0.05, 0.1) is 18.4 Å². The third kappa shape index (κ3) is 4.42. The molecule has 0 heterocycles. The van der Waals surface area contributed by atoms with E-state index in [0.717, 1.165) is 6.54 Å². The van der Waals surface area contributed by atoms with Crippen molar-refractivity contribution in [2.24, 2.45) is 5.41 Å². The summed E-state index contributed by atoms with van der Waals surface area (Å²) in [5.41, 5.74) is 6.74. The van der Waals surface area contributed by atoms with Crippen LogP contribution < -0.4 is 15.8 Å². The monoisotopic (exact) mass is 279 g/mol. The fraction of sp³-hybridized carbons (Fsp3) is 0.533. The van der Waals surface area contributed by atoms with Gasteiger partial charge in [-0.2, -0.15) is 0 Å². The van der Waals surface area contributed by atoms with Crippen molar-refractivity contribution in [1.29, 1.82) is 0 Å². The lowest BCUT2D eigenvalue weighted by atomic mass is 9.93. The van der Waals surface area contributed by atoms with Crippen LogP contribution in [0.15, 0.2) is 18.2 Å². The number of nitrogens with two attached hydrogens (primary N) is 1. The van der Waals surface area contributed by atoms with Gasteiger partial charge in [0.15, 0.2) is 0 Å². The van der Waals surface area contributed by atoms with Gasteiger partial charge >= 0.3 is 0 Å². The number of rotatable bonds is 6. The molecule has 5 heteroatoms. The molecule has 0 unspecified atom stereocenters. The molecule has 0 radical (unpaired) electrons. The lowest BCUT2D eigenvalue weighted by molar-refractivity contribution is 0.0930. The van der Waals surface area contributed by atoms with Gasteiger partial charge in [0.2, 0.25) is 0 Å². The fourth-order valence-electron chi connectivity index (χ4n) is 2.25. The molecule has 0 aliphatic heterocycles. The maximum Gasteiger partial charge on any atom is 0.253 e. The summed E-state index contributed by atoms with van der Waals surface area (Å²) >= 11 is 0. The largest absolute Gasteiger partial charge is 0.495 e. The van der Waals surface area contributed by atoms with E-state index in [-0.39, 0.29) is 11.3 Å². The summed E-state index contributed by atoms with van der Waals surface area (Å²) < 4.78 is 5.12. The molecule has 5 nitrogen and oxygen atoms in total. The van der Waals surface area contributed by atoms with Crippen molar-refractivity contribution in [3.05, 3.63) is 23.8 Å². The number of methoxy groups -OCH3 is 1. The Hall–Kier alpha value is -1.75. The van der Waals surface area contributed by atoms with E-state index in [0.29, 0.717) is 23.5 Å². The highest BCUT2D eigenvalue weighted by Crippen LogP contribution is 2.24. The van der Waals surface area contributed by atoms with Crippen LogP contribution in [0.4, 0.5) is 5.69 Å². The van der Waals surface area contributed by atoms with E-state index in [1.165, 1.54) is 7.11 Å². The maximum atomic E-state index is 12.2. The van der Waals surface area contributed by atoms with Crippen LogP contribution in [0.5, 0.6) is 5.75 Å². The molecule has 20 heavy (non-hydrogen) atoms. The molecule has 1 rings (SSSR count). The van der Waals surface area contributed by atoms with Crippen LogP contribution in [0, 0.1) is 5.41 Å². The number of ether oxygens (including phenoxy) is 1. The lowest BCUT2D eigenvalue weighted by Gasteiger charge is -2.28. The molecule has 3 N–H and O–H groups in total.